The molecule has 31 heavy (non-hydrogen) atoms. The molecule has 8 heteroatoms. The number of benzene rings is 2. The van der Waals surface area contributed by atoms with Crippen LogP contribution in [0.5, 0.6) is 5.75 Å². The summed E-state index contributed by atoms with van der Waals surface area (Å²) in [6.45, 7) is 6.37. The molecule has 0 aliphatic carbocycles. The quantitative estimate of drug-likeness (QED) is 0.629. The molecule has 2 amide bonds. The molecule has 0 spiro atoms. The largest absolute Gasteiger partial charge is 0.493 e. The highest BCUT2D eigenvalue weighted by Crippen LogP contribution is 2.34. The molecule has 164 valence electrons. The molecule has 2 aromatic carbocycles. The van der Waals surface area contributed by atoms with Gasteiger partial charge in [0.05, 0.1) is 17.7 Å². The first-order valence-electron chi connectivity index (χ1n) is 9.89. The summed E-state index contributed by atoms with van der Waals surface area (Å²) >= 11 is 0. The maximum atomic E-state index is 13.0. The molecule has 0 unspecified atom stereocenters. The normalized spacial score (nSPS) is 14.6. The Morgan fingerprint density at radius 3 is 2.29 bits per heavy atom. The molecule has 1 aliphatic rings. The average Bonchev–Trinajstić information content (AvgIpc) is 2.95. The summed E-state index contributed by atoms with van der Waals surface area (Å²) in [5.74, 6) is -0.120. The van der Waals surface area contributed by atoms with E-state index in [9.17, 15) is 22.8 Å². The Kier molecular flexibility index (Phi) is 6.38. The summed E-state index contributed by atoms with van der Waals surface area (Å²) in [5.41, 5.74) is -0.254. The third-order valence-electron chi connectivity index (χ3n) is 4.67. The number of ether oxygens (including phenoxy) is 1. The van der Waals surface area contributed by atoms with E-state index >= 15 is 0 Å². The number of likely N-dealkylation sites (N-methyl/N-ethyl adjacent to an activating group) is 1. The minimum Gasteiger partial charge on any atom is -0.493 e. The first kappa shape index (κ1) is 22.4. The first-order chi connectivity index (χ1) is 14.6. The van der Waals surface area contributed by atoms with E-state index in [1.54, 1.807) is 31.2 Å². The maximum absolute atomic E-state index is 13.0. The summed E-state index contributed by atoms with van der Waals surface area (Å²) in [7, 11) is 0. The van der Waals surface area contributed by atoms with Crippen molar-refractivity contribution in [1.82, 2.24) is 4.90 Å². The van der Waals surface area contributed by atoms with Gasteiger partial charge in [-0.2, -0.15) is 13.2 Å². The van der Waals surface area contributed by atoms with Crippen LogP contribution in [0.25, 0.3) is 5.57 Å². The predicted molar refractivity (Wildman–Crippen MR) is 111 cm³/mol. The van der Waals surface area contributed by atoms with Gasteiger partial charge in [-0.25, -0.2) is 0 Å². The van der Waals surface area contributed by atoms with Gasteiger partial charge in [-0.05, 0) is 48.7 Å². The number of anilines is 1. The van der Waals surface area contributed by atoms with Crippen molar-refractivity contribution >= 4 is 23.1 Å². The molecule has 0 radical (unpaired) electrons. The highest BCUT2D eigenvalue weighted by molar-refractivity contribution is 6.36. The molecule has 1 N–H and O–H groups in total. The minimum absolute atomic E-state index is 0.0537. The van der Waals surface area contributed by atoms with Crippen LogP contribution in [-0.2, 0) is 15.8 Å². The van der Waals surface area contributed by atoms with Crippen LogP contribution in [0, 0.1) is 5.92 Å². The van der Waals surface area contributed by atoms with Gasteiger partial charge in [-0.1, -0.05) is 32.0 Å². The van der Waals surface area contributed by atoms with E-state index in [-0.39, 0.29) is 23.5 Å². The standard InChI is InChI=1S/C23H23F3N2O3/c1-4-28-21(29)19(15-8-10-18(11-9-15)31-13-14(2)3)20(22(28)30)27-17-7-5-6-16(12-17)23(24,25)26/h5-12,14,27H,4,13H2,1-3H3. The van der Waals surface area contributed by atoms with Crippen LogP contribution in [0.1, 0.15) is 31.9 Å². The summed E-state index contributed by atoms with van der Waals surface area (Å²) in [4.78, 5) is 26.7. The third-order valence-corrected chi connectivity index (χ3v) is 4.67. The van der Waals surface area contributed by atoms with E-state index in [0.29, 0.717) is 23.8 Å². The SMILES string of the molecule is CCN1C(=O)C(Nc2cccc(C(F)(F)F)c2)=C(c2ccc(OCC(C)C)cc2)C1=O. The van der Waals surface area contributed by atoms with Crippen molar-refractivity contribution in [2.24, 2.45) is 5.92 Å². The average molecular weight is 432 g/mol. The van der Waals surface area contributed by atoms with Crippen LogP contribution in [0.15, 0.2) is 54.2 Å². The Morgan fingerprint density at radius 1 is 1.03 bits per heavy atom. The number of nitrogens with one attached hydrogen (secondary N) is 1. The number of nitrogens with zero attached hydrogens (tertiary/aromatic N) is 1. The van der Waals surface area contributed by atoms with Gasteiger partial charge < -0.3 is 10.1 Å². The van der Waals surface area contributed by atoms with Gasteiger partial charge in [-0.3, -0.25) is 14.5 Å². The van der Waals surface area contributed by atoms with Crippen LogP contribution in [0.3, 0.4) is 0 Å². The van der Waals surface area contributed by atoms with E-state index in [1.165, 1.54) is 12.1 Å². The van der Waals surface area contributed by atoms with E-state index in [2.05, 4.69) is 5.32 Å². The Hall–Kier alpha value is -3.29. The number of hydrogen-bond acceptors (Lipinski definition) is 4. The minimum atomic E-state index is -4.52. The van der Waals surface area contributed by atoms with E-state index in [4.69, 9.17) is 4.74 Å². The number of imide groups is 1. The van der Waals surface area contributed by atoms with Gasteiger partial charge in [0.25, 0.3) is 11.8 Å². The molecule has 0 fully saturated rings. The highest BCUT2D eigenvalue weighted by Gasteiger charge is 2.38. The molecule has 0 aromatic heterocycles. The number of carbonyl (C=O) groups is 2. The Balaban J connectivity index is 1.98. The number of rotatable bonds is 7. The summed E-state index contributed by atoms with van der Waals surface area (Å²) < 4.78 is 44.8. The van der Waals surface area contributed by atoms with Crippen LogP contribution in [-0.4, -0.2) is 29.9 Å². The Bertz CT molecular complexity index is 1010. The maximum Gasteiger partial charge on any atom is 0.416 e. The number of carbonyl (C=O) groups excluding carboxylic acids is 2. The van der Waals surface area contributed by atoms with E-state index in [1.807, 2.05) is 13.8 Å². The van der Waals surface area contributed by atoms with Gasteiger partial charge in [0.1, 0.15) is 11.4 Å². The van der Waals surface area contributed by atoms with E-state index in [0.717, 1.165) is 17.0 Å². The summed E-state index contributed by atoms with van der Waals surface area (Å²) in [5, 5.41) is 2.74. The molecule has 0 saturated carbocycles. The second-order valence-corrected chi connectivity index (χ2v) is 7.54. The number of halogens is 3. The zero-order chi connectivity index (χ0) is 22.8. The Morgan fingerprint density at radius 2 is 1.71 bits per heavy atom. The van der Waals surface area contributed by atoms with Crippen molar-refractivity contribution in [3.63, 3.8) is 0 Å². The number of amides is 2. The zero-order valence-electron chi connectivity index (χ0n) is 17.4. The van der Waals surface area contributed by atoms with Crippen LogP contribution < -0.4 is 10.1 Å². The zero-order valence-corrected chi connectivity index (χ0v) is 17.4. The monoisotopic (exact) mass is 432 g/mol. The topological polar surface area (TPSA) is 58.6 Å². The molecule has 1 heterocycles. The lowest BCUT2D eigenvalue weighted by Gasteiger charge is -2.13. The third kappa shape index (κ3) is 4.90. The van der Waals surface area contributed by atoms with Crippen LogP contribution in [0.2, 0.25) is 0 Å². The molecule has 0 bridgehead atoms. The second kappa shape index (κ2) is 8.83. The lowest BCUT2D eigenvalue weighted by Crippen LogP contribution is -2.32. The van der Waals surface area contributed by atoms with Gasteiger partial charge in [-0.15, -0.1) is 0 Å². The fourth-order valence-corrected chi connectivity index (χ4v) is 3.15. The fourth-order valence-electron chi connectivity index (χ4n) is 3.15. The van der Waals surface area contributed by atoms with Crippen molar-refractivity contribution in [1.29, 1.82) is 0 Å². The molecular weight excluding hydrogens is 409 g/mol. The molecule has 2 aromatic rings. The van der Waals surface area contributed by atoms with Gasteiger partial charge in [0, 0.05) is 12.2 Å². The van der Waals surface area contributed by atoms with Crippen molar-refractivity contribution < 1.29 is 27.5 Å². The lowest BCUT2D eigenvalue weighted by atomic mass is 10.0. The fraction of sp³-hybridized carbons (Fsp3) is 0.304. The number of hydrogen-bond donors (Lipinski definition) is 1. The Labute approximate surface area is 178 Å². The molecule has 3 rings (SSSR count). The summed E-state index contributed by atoms with van der Waals surface area (Å²) in [6, 6.07) is 11.2. The van der Waals surface area contributed by atoms with Crippen molar-refractivity contribution in [2.45, 2.75) is 26.9 Å². The number of alkyl halides is 3. The molecule has 0 atom stereocenters. The molecule has 5 nitrogen and oxygen atoms in total. The highest BCUT2D eigenvalue weighted by atomic mass is 19.4. The van der Waals surface area contributed by atoms with Crippen molar-refractivity contribution in [3.05, 3.63) is 65.4 Å². The second-order valence-electron chi connectivity index (χ2n) is 7.54. The molecule has 0 saturated heterocycles. The van der Waals surface area contributed by atoms with Crippen LogP contribution in [0.4, 0.5) is 18.9 Å². The van der Waals surface area contributed by atoms with Gasteiger partial charge in [0.2, 0.25) is 0 Å². The van der Waals surface area contributed by atoms with Crippen molar-refractivity contribution in [2.75, 3.05) is 18.5 Å². The smallest absolute Gasteiger partial charge is 0.416 e. The van der Waals surface area contributed by atoms with Gasteiger partial charge in [0.15, 0.2) is 0 Å². The lowest BCUT2D eigenvalue weighted by molar-refractivity contribution is -0.138. The van der Waals surface area contributed by atoms with E-state index < -0.39 is 23.6 Å². The summed E-state index contributed by atoms with van der Waals surface area (Å²) in [6.07, 6.45) is -4.52. The molecule has 1 aliphatic heterocycles. The van der Waals surface area contributed by atoms with Gasteiger partial charge >= 0.3 is 6.18 Å². The first-order valence-corrected chi connectivity index (χ1v) is 9.89. The predicted octanol–water partition coefficient (Wildman–Crippen LogP) is 4.95. The van der Waals surface area contributed by atoms with Crippen LogP contribution >= 0.6 is 0 Å². The van der Waals surface area contributed by atoms with Crippen molar-refractivity contribution in [3.8, 4) is 5.75 Å². The molecular formula is C23H23F3N2O3.